The van der Waals surface area contributed by atoms with E-state index in [4.69, 9.17) is 9.15 Å². The highest BCUT2D eigenvalue weighted by Gasteiger charge is 2.19. The zero-order chi connectivity index (χ0) is 16.2. The van der Waals surface area contributed by atoms with Gasteiger partial charge in [-0.15, -0.1) is 0 Å². The topological polar surface area (TPSA) is 51.5 Å². The molecule has 0 atom stereocenters. The van der Waals surface area contributed by atoms with Crippen LogP contribution in [0.1, 0.15) is 53.1 Å². The first kappa shape index (κ1) is 15.7. The third kappa shape index (κ3) is 4.15. The van der Waals surface area contributed by atoms with Gasteiger partial charge in [-0.1, -0.05) is 18.9 Å². The van der Waals surface area contributed by atoms with Crippen LogP contribution in [-0.2, 0) is 6.61 Å². The third-order valence-electron chi connectivity index (χ3n) is 4.15. The summed E-state index contributed by atoms with van der Waals surface area (Å²) in [5.74, 6) is 1.70. The molecule has 1 aromatic heterocycles. The highest BCUT2D eigenvalue weighted by molar-refractivity contribution is 5.91. The molecular formula is C19H23NO3. The molecule has 0 saturated heterocycles. The van der Waals surface area contributed by atoms with E-state index < -0.39 is 0 Å². The van der Waals surface area contributed by atoms with E-state index in [2.05, 4.69) is 11.4 Å². The predicted octanol–water partition coefficient (Wildman–Crippen LogP) is 4.15. The van der Waals surface area contributed by atoms with Crippen LogP contribution < -0.4 is 10.1 Å². The van der Waals surface area contributed by atoms with Gasteiger partial charge in [0.25, 0.3) is 5.91 Å². The van der Waals surface area contributed by atoms with Gasteiger partial charge in [-0.25, -0.2) is 0 Å². The van der Waals surface area contributed by atoms with Crippen LogP contribution in [0.4, 0.5) is 0 Å². The summed E-state index contributed by atoms with van der Waals surface area (Å²) in [5.41, 5.74) is 2.33. The largest absolute Gasteiger partial charge is 0.486 e. The van der Waals surface area contributed by atoms with Gasteiger partial charge >= 0.3 is 0 Å². The van der Waals surface area contributed by atoms with Crippen molar-refractivity contribution in [3.05, 3.63) is 53.0 Å². The number of hydrogen-bond acceptors (Lipinski definition) is 3. The Bertz CT molecular complexity index is 663. The molecule has 1 N–H and O–H groups in total. The van der Waals surface area contributed by atoms with Gasteiger partial charge in [0.2, 0.25) is 0 Å². The average molecular weight is 313 g/mol. The first-order chi connectivity index (χ1) is 11.1. The summed E-state index contributed by atoms with van der Waals surface area (Å²) in [7, 11) is 0. The first-order valence-corrected chi connectivity index (χ1v) is 8.21. The van der Waals surface area contributed by atoms with Crippen LogP contribution in [0.2, 0.25) is 0 Å². The molecule has 0 unspecified atom stereocenters. The van der Waals surface area contributed by atoms with E-state index in [-0.39, 0.29) is 5.91 Å². The molecule has 1 fully saturated rings. The highest BCUT2D eigenvalue weighted by Crippen LogP contribution is 2.20. The maximum absolute atomic E-state index is 12.1. The summed E-state index contributed by atoms with van der Waals surface area (Å²) in [6, 6.07) is 9.89. The van der Waals surface area contributed by atoms with Crippen molar-refractivity contribution in [1.29, 1.82) is 0 Å². The van der Waals surface area contributed by atoms with Gasteiger partial charge in [-0.3, -0.25) is 4.79 Å². The van der Waals surface area contributed by atoms with E-state index in [1.54, 1.807) is 12.1 Å². The summed E-state index contributed by atoms with van der Waals surface area (Å²) in [6.07, 6.45) is 4.51. The molecule has 0 bridgehead atoms. The lowest BCUT2D eigenvalue weighted by Crippen LogP contribution is -2.32. The number of hydrogen-bond donors (Lipinski definition) is 1. The molecule has 0 radical (unpaired) electrons. The molecule has 1 amide bonds. The van der Waals surface area contributed by atoms with Crippen molar-refractivity contribution < 1.29 is 13.9 Å². The molecule has 4 nitrogen and oxygen atoms in total. The van der Waals surface area contributed by atoms with Crippen LogP contribution in [0.15, 0.2) is 34.7 Å². The molecule has 4 heteroatoms. The second-order valence-electron chi connectivity index (χ2n) is 6.33. The van der Waals surface area contributed by atoms with E-state index in [9.17, 15) is 4.79 Å². The Kier molecular flexibility index (Phi) is 4.70. The van der Waals surface area contributed by atoms with Gasteiger partial charge in [0.1, 0.15) is 18.1 Å². The second-order valence-corrected chi connectivity index (χ2v) is 6.33. The highest BCUT2D eigenvalue weighted by atomic mass is 16.5. The van der Waals surface area contributed by atoms with E-state index in [0.29, 0.717) is 24.2 Å². The van der Waals surface area contributed by atoms with Crippen molar-refractivity contribution in [2.24, 2.45) is 0 Å². The molecule has 1 aliphatic rings. The zero-order valence-electron chi connectivity index (χ0n) is 13.7. The lowest BCUT2D eigenvalue weighted by Gasteiger charge is -2.10. The molecule has 3 rings (SSSR count). The van der Waals surface area contributed by atoms with E-state index in [0.717, 1.165) is 29.7 Å². The van der Waals surface area contributed by atoms with Crippen LogP contribution >= 0.6 is 0 Å². The number of carbonyl (C=O) groups is 1. The summed E-state index contributed by atoms with van der Waals surface area (Å²) in [5, 5.41) is 3.02. The second kappa shape index (κ2) is 6.90. The number of nitrogens with one attached hydrogen (secondary N) is 1. The van der Waals surface area contributed by atoms with Crippen molar-refractivity contribution in [3.63, 3.8) is 0 Å². The maximum atomic E-state index is 12.1. The Morgan fingerprint density at radius 3 is 2.57 bits per heavy atom. The Balaban J connectivity index is 1.57. The van der Waals surface area contributed by atoms with Gasteiger partial charge in [0.15, 0.2) is 5.76 Å². The molecule has 1 heterocycles. The number of benzene rings is 1. The SMILES string of the molecule is Cc1cc(C)cc(OCc2ccc(C(=O)NC3CCCC3)o2)c1. The summed E-state index contributed by atoms with van der Waals surface area (Å²) in [4.78, 5) is 12.1. The lowest BCUT2D eigenvalue weighted by molar-refractivity contribution is 0.0905. The smallest absolute Gasteiger partial charge is 0.287 e. The number of carbonyl (C=O) groups excluding carboxylic acids is 1. The van der Waals surface area contributed by atoms with Crippen LogP contribution in [0, 0.1) is 13.8 Å². The minimum atomic E-state index is -0.130. The molecular weight excluding hydrogens is 290 g/mol. The van der Waals surface area contributed by atoms with E-state index in [1.165, 1.54) is 12.8 Å². The quantitative estimate of drug-likeness (QED) is 0.902. The minimum absolute atomic E-state index is 0.130. The Morgan fingerprint density at radius 1 is 1.17 bits per heavy atom. The van der Waals surface area contributed by atoms with Crippen molar-refractivity contribution >= 4 is 5.91 Å². The van der Waals surface area contributed by atoms with Crippen molar-refractivity contribution in [3.8, 4) is 5.75 Å². The first-order valence-electron chi connectivity index (χ1n) is 8.21. The average Bonchev–Trinajstić information content (AvgIpc) is 3.15. The number of rotatable bonds is 5. The summed E-state index contributed by atoms with van der Waals surface area (Å²) in [6.45, 7) is 4.40. The Morgan fingerprint density at radius 2 is 1.87 bits per heavy atom. The number of aryl methyl sites for hydroxylation is 2. The van der Waals surface area contributed by atoms with Crippen molar-refractivity contribution in [2.45, 2.75) is 52.2 Å². The predicted molar refractivity (Wildman–Crippen MR) is 88.7 cm³/mol. The summed E-state index contributed by atoms with van der Waals surface area (Å²) >= 11 is 0. The van der Waals surface area contributed by atoms with Gasteiger partial charge in [0, 0.05) is 6.04 Å². The van der Waals surface area contributed by atoms with Crippen molar-refractivity contribution in [1.82, 2.24) is 5.32 Å². The van der Waals surface area contributed by atoms with Gasteiger partial charge in [-0.2, -0.15) is 0 Å². The fraction of sp³-hybridized carbons (Fsp3) is 0.421. The zero-order valence-corrected chi connectivity index (χ0v) is 13.7. The standard InChI is InChI=1S/C19H23NO3/c1-13-9-14(2)11-17(10-13)22-12-16-7-8-18(23-16)19(21)20-15-5-3-4-6-15/h7-11,15H,3-6,12H2,1-2H3,(H,20,21). The molecule has 1 aliphatic carbocycles. The van der Waals surface area contributed by atoms with Crippen LogP contribution in [0.25, 0.3) is 0 Å². The Hall–Kier alpha value is -2.23. The van der Waals surface area contributed by atoms with Crippen molar-refractivity contribution in [2.75, 3.05) is 0 Å². The monoisotopic (exact) mass is 313 g/mol. The molecule has 1 saturated carbocycles. The van der Waals surface area contributed by atoms with Crippen LogP contribution in [0.3, 0.4) is 0 Å². The molecule has 0 spiro atoms. The number of amides is 1. The van der Waals surface area contributed by atoms with E-state index in [1.807, 2.05) is 26.0 Å². The minimum Gasteiger partial charge on any atom is -0.486 e. The molecule has 0 aliphatic heterocycles. The van der Waals surface area contributed by atoms with E-state index >= 15 is 0 Å². The Labute approximate surface area is 136 Å². The molecule has 122 valence electrons. The summed E-state index contributed by atoms with van der Waals surface area (Å²) < 4.78 is 11.4. The fourth-order valence-electron chi connectivity index (χ4n) is 3.07. The van der Waals surface area contributed by atoms with Gasteiger partial charge in [-0.05, 0) is 62.1 Å². The van der Waals surface area contributed by atoms with Crippen LogP contribution in [0.5, 0.6) is 5.75 Å². The fourth-order valence-corrected chi connectivity index (χ4v) is 3.07. The third-order valence-corrected chi connectivity index (χ3v) is 4.15. The van der Waals surface area contributed by atoms with Gasteiger partial charge in [0.05, 0.1) is 0 Å². The molecule has 23 heavy (non-hydrogen) atoms. The number of furan rings is 1. The molecule has 2 aromatic rings. The maximum Gasteiger partial charge on any atom is 0.287 e. The van der Waals surface area contributed by atoms with Gasteiger partial charge < -0.3 is 14.5 Å². The lowest BCUT2D eigenvalue weighted by atomic mass is 10.1. The normalized spacial score (nSPS) is 14.9. The number of ether oxygens (including phenoxy) is 1. The van der Waals surface area contributed by atoms with Crippen LogP contribution in [-0.4, -0.2) is 11.9 Å². The molecule has 1 aromatic carbocycles.